The van der Waals surface area contributed by atoms with E-state index in [0.29, 0.717) is 11.3 Å². The maximum atomic E-state index is 5.38. The first-order valence-electron chi connectivity index (χ1n) is 6.83. The van der Waals surface area contributed by atoms with Crippen LogP contribution in [0.4, 0.5) is 0 Å². The third-order valence-corrected chi connectivity index (χ3v) is 4.64. The second-order valence-corrected chi connectivity index (χ2v) is 6.51. The van der Waals surface area contributed by atoms with Crippen LogP contribution in [0.5, 0.6) is 0 Å². The molecule has 1 aromatic rings. The van der Waals surface area contributed by atoms with Crippen molar-refractivity contribution in [3.05, 3.63) is 10.6 Å². The van der Waals surface area contributed by atoms with E-state index in [1.807, 2.05) is 0 Å². The van der Waals surface area contributed by atoms with Gasteiger partial charge in [-0.25, -0.2) is 0 Å². The van der Waals surface area contributed by atoms with Crippen LogP contribution in [0.2, 0.25) is 0 Å². The first kappa shape index (κ1) is 11.5. The second-order valence-electron chi connectivity index (χ2n) is 6.12. The molecule has 1 N–H and O–H groups in total. The van der Waals surface area contributed by atoms with Crippen molar-refractivity contribution in [3.8, 4) is 0 Å². The van der Waals surface area contributed by atoms with E-state index in [1.165, 1.54) is 50.8 Å². The number of nitrogens with zero attached hydrogens (tertiary/aromatic N) is 2. The van der Waals surface area contributed by atoms with E-state index in [9.17, 15) is 0 Å². The molecule has 1 heterocycles. The number of H-pyrrole nitrogens is 1. The summed E-state index contributed by atoms with van der Waals surface area (Å²) >= 11 is 5.38. The minimum Gasteiger partial charge on any atom is -0.303 e. The molecule has 0 bridgehead atoms. The van der Waals surface area contributed by atoms with Gasteiger partial charge >= 0.3 is 0 Å². The third-order valence-electron chi connectivity index (χ3n) is 4.33. The van der Waals surface area contributed by atoms with E-state index >= 15 is 0 Å². The Morgan fingerprint density at radius 2 is 2.06 bits per heavy atom. The van der Waals surface area contributed by atoms with Gasteiger partial charge in [-0.1, -0.05) is 26.2 Å². The molecule has 94 valence electrons. The van der Waals surface area contributed by atoms with Crippen molar-refractivity contribution >= 4 is 12.2 Å². The van der Waals surface area contributed by atoms with Gasteiger partial charge in [-0.05, 0) is 43.3 Å². The molecular formula is C13H21N3S. The average Bonchev–Trinajstić information content (AvgIpc) is 3.08. The smallest absolute Gasteiger partial charge is 0.195 e. The zero-order valence-corrected chi connectivity index (χ0v) is 11.4. The summed E-state index contributed by atoms with van der Waals surface area (Å²) in [6.07, 6.45) is 9.41. The van der Waals surface area contributed by atoms with Crippen LogP contribution in [-0.4, -0.2) is 14.8 Å². The van der Waals surface area contributed by atoms with Gasteiger partial charge in [0.1, 0.15) is 5.82 Å². The van der Waals surface area contributed by atoms with Crippen LogP contribution in [0.1, 0.15) is 63.6 Å². The highest BCUT2D eigenvalue weighted by molar-refractivity contribution is 7.71. The summed E-state index contributed by atoms with van der Waals surface area (Å²) in [5.41, 5.74) is 0.435. The molecule has 4 heteroatoms. The monoisotopic (exact) mass is 251 g/mol. The van der Waals surface area contributed by atoms with E-state index in [4.69, 9.17) is 12.2 Å². The molecule has 2 fully saturated rings. The lowest BCUT2D eigenvalue weighted by molar-refractivity contribution is 0.180. The summed E-state index contributed by atoms with van der Waals surface area (Å²) in [5.74, 6) is 1.89. The summed E-state index contributed by atoms with van der Waals surface area (Å²) in [6, 6.07) is 0. The Morgan fingerprint density at radius 1 is 1.35 bits per heavy atom. The van der Waals surface area contributed by atoms with Crippen molar-refractivity contribution in [1.82, 2.24) is 14.8 Å². The molecule has 2 aliphatic carbocycles. The predicted octanol–water partition coefficient (Wildman–Crippen LogP) is 3.79. The topological polar surface area (TPSA) is 33.6 Å². The van der Waals surface area contributed by atoms with Crippen LogP contribution in [0, 0.1) is 10.2 Å². The lowest BCUT2D eigenvalue weighted by Crippen LogP contribution is -2.27. The van der Waals surface area contributed by atoms with Crippen molar-refractivity contribution in [2.75, 3.05) is 0 Å². The Bertz CT molecular complexity index is 449. The lowest BCUT2D eigenvalue weighted by Gasteiger charge is -2.34. The Labute approximate surface area is 108 Å². The molecular weight excluding hydrogens is 230 g/mol. The highest BCUT2D eigenvalue weighted by Gasteiger charge is 2.33. The first-order chi connectivity index (χ1) is 8.18. The van der Waals surface area contributed by atoms with Gasteiger partial charge < -0.3 is 4.57 Å². The number of hydrogen-bond donors (Lipinski definition) is 1. The first-order valence-corrected chi connectivity index (χ1v) is 7.24. The molecule has 0 aliphatic heterocycles. The van der Waals surface area contributed by atoms with Gasteiger partial charge in [0.2, 0.25) is 0 Å². The van der Waals surface area contributed by atoms with Crippen LogP contribution in [-0.2, 0) is 6.54 Å². The number of aromatic nitrogens is 3. The summed E-state index contributed by atoms with van der Waals surface area (Å²) in [7, 11) is 0. The van der Waals surface area contributed by atoms with Gasteiger partial charge in [-0.2, -0.15) is 5.10 Å². The lowest BCUT2D eigenvalue weighted by atomic mass is 9.75. The number of hydrogen-bond acceptors (Lipinski definition) is 2. The van der Waals surface area contributed by atoms with Gasteiger partial charge in [0, 0.05) is 12.5 Å². The fraction of sp³-hybridized carbons (Fsp3) is 0.846. The standard InChI is InChI=1S/C13H21N3S/c1-13(7-3-2-4-8-13)9-16-11(10-5-6-10)14-15-12(16)17/h10H,2-9H2,1H3,(H,15,17). The molecule has 0 atom stereocenters. The number of aromatic amines is 1. The Hall–Kier alpha value is -0.640. The molecule has 0 radical (unpaired) electrons. The highest BCUT2D eigenvalue weighted by Crippen LogP contribution is 2.41. The van der Waals surface area contributed by atoms with Crippen molar-refractivity contribution in [2.45, 2.75) is 64.3 Å². The quantitative estimate of drug-likeness (QED) is 0.829. The summed E-state index contributed by atoms with van der Waals surface area (Å²) in [4.78, 5) is 0. The summed E-state index contributed by atoms with van der Waals surface area (Å²) < 4.78 is 3.09. The number of nitrogens with one attached hydrogen (secondary N) is 1. The summed E-state index contributed by atoms with van der Waals surface area (Å²) in [6.45, 7) is 3.48. The Kier molecular flexibility index (Phi) is 2.85. The van der Waals surface area contributed by atoms with Crippen molar-refractivity contribution in [3.63, 3.8) is 0 Å². The van der Waals surface area contributed by atoms with Crippen molar-refractivity contribution in [1.29, 1.82) is 0 Å². The average molecular weight is 251 g/mol. The largest absolute Gasteiger partial charge is 0.303 e. The van der Waals surface area contributed by atoms with Crippen molar-refractivity contribution < 1.29 is 0 Å². The minimum absolute atomic E-state index is 0.435. The molecule has 1 aromatic heterocycles. The van der Waals surface area contributed by atoms with Crippen LogP contribution in [0.25, 0.3) is 0 Å². The molecule has 0 spiro atoms. The maximum Gasteiger partial charge on any atom is 0.195 e. The molecule has 3 rings (SSSR count). The zero-order valence-electron chi connectivity index (χ0n) is 10.5. The molecule has 3 nitrogen and oxygen atoms in total. The van der Waals surface area contributed by atoms with Gasteiger partial charge in [0.25, 0.3) is 0 Å². The van der Waals surface area contributed by atoms with Crippen LogP contribution >= 0.6 is 12.2 Å². The molecule has 17 heavy (non-hydrogen) atoms. The SMILES string of the molecule is CC1(Cn2c(C3CC3)n[nH]c2=S)CCCCC1. The summed E-state index contributed by atoms with van der Waals surface area (Å²) in [5, 5.41) is 7.40. The normalized spacial score (nSPS) is 23.8. The molecule has 0 unspecified atom stereocenters. The maximum absolute atomic E-state index is 5.38. The van der Waals surface area contributed by atoms with Gasteiger partial charge in [-0.15, -0.1) is 0 Å². The third kappa shape index (κ3) is 2.32. The Morgan fingerprint density at radius 3 is 2.71 bits per heavy atom. The van der Waals surface area contributed by atoms with E-state index in [2.05, 4.69) is 21.7 Å². The van der Waals surface area contributed by atoms with Crippen LogP contribution in [0.3, 0.4) is 0 Å². The molecule has 0 aromatic carbocycles. The second kappa shape index (κ2) is 4.23. The predicted molar refractivity (Wildman–Crippen MR) is 70.6 cm³/mol. The molecule has 2 aliphatic rings. The van der Waals surface area contributed by atoms with Crippen LogP contribution in [0.15, 0.2) is 0 Å². The van der Waals surface area contributed by atoms with Gasteiger partial charge in [0.15, 0.2) is 4.77 Å². The molecule has 0 saturated heterocycles. The van der Waals surface area contributed by atoms with Crippen molar-refractivity contribution in [2.24, 2.45) is 5.41 Å². The van der Waals surface area contributed by atoms with E-state index in [0.717, 1.165) is 11.3 Å². The van der Waals surface area contributed by atoms with E-state index in [1.54, 1.807) is 0 Å². The number of rotatable bonds is 3. The molecule has 0 amide bonds. The van der Waals surface area contributed by atoms with E-state index in [-0.39, 0.29) is 0 Å². The zero-order chi connectivity index (χ0) is 11.9. The van der Waals surface area contributed by atoms with Gasteiger partial charge in [-0.3, -0.25) is 5.10 Å². The Balaban J connectivity index is 1.83. The van der Waals surface area contributed by atoms with Crippen LogP contribution < -0.4 is 0 Å². The fourth-order valence-electron chi connectivity index (χ4n) is 3.08. The van der Waals surface area contributed by atoms with E-state index < -0.39 is 0 Å². The highest BCUT2D eigenvalue weighted by atomic mass is 32.1. The fourth-order valence-corrected chi connectivity index (χ4v) is 3.28. The molecule has 2 saturated carbocycles. The minimum atomic E-state index is 0.435. The van der Waals surface area contributed by atoms with Gasteiger partial charge in [0.05, 0.1) is 0 Å².